The van der Waals surface area contributed by atoms with Crippen molar-refractivity contribution in [1.82, 2.24) is 9.78 Å². The lowest BCUT2D eigenvalue weighted by Crippen LogP contribution is -2.46. The Morgan fingerprint density at radius 3 is 2.39 bits per heavy atom. The molecule has 1 heterocycles. The summed E-state index contributed by atoms with van der Waals surface area (Å²) in [7, 11) is 0. The van der Waals surface area contributed by atoms with Gasteiger partial charge in [-0.3, -0.25) is 4.68 Å². The van der Waals surface area contributed by atoms with E-state index in [2.05, 4.69) is 15.8 Å². The van der Waals surface area contributed by atoms with Crippen LogP contribution in [0.3, 0.4) is 0 Å². The summed E-state index contributed by atoms with van der Waals surface area (Å²) in [6.07, 6.45) is 10.3. The van der Waals surface area contributed by atoms with Gasteiger partial charge in [0.15, 0.2) is 0 Å². The Morgan fingerprint density at radius 2 is 1.78 bits per heavy atom. The fraction of sp³-hybridized carbons (Fsp3) is 0.800. The van der Waals surface area contributed by atoms with E-state index in [1.807, 2.05) is 6.20 Å². The quantitative estimate of drug-likeness (QED) is 0.888. The lowest BCUT2D eigenvalue weighted by Gasteiger charge is -2.54. The van der Waals surface area contributed by atoms with Crippen molar-refractivity contribution in [2.45, 2.75) is 44.6 Å². The molecule has 0 aromatic carbocycles. The van der Waals surface area contributed by atoms with Crippen molar-refractivity contribution in [3.63, 3.8) is 0 Å². The number of rotatable bonds is 3. The van der Waals surface area contributed by atoms with Gasteiger partial charge in [0, 0.05) is 18.3 Å². The fourth-order valence-electron chi connectivity index (χ4n) is 5.25. The molecule has 5 rings (SSSR count). The summed E-state index contributed by atoms with van der Waals surface area (Å²) in [6, 6.07) is 2.85. The van der Waals surface area contributed by atoms with Crippen LogP contribution in [-0.2, 0) is 6.42 Å². The molecule has 0 aliphatic heterocycles. The van der Waals surface area contributed by atoms with Crippen molar-refractivity contribution in [3.05, 3.63) is 18.0 Å². The molecule has 4 saturated carbocycles. The van der Waals surface area contributed by atoms with Crippen LogP contribution in [0.25, 0.3) is 0 Å². The first-order valence-corrected chi connectivity index (χ1v) is 7.57. The minimum absolute atomic E-state index is 0.689. The monoisotopic (exact) mass is 245 g/mol. The Bertz CT molecular complexity index is 409. The van der Waals surface area contributed by atoms with Gasteiger partial charge in [-0.1, -0.05) is 0 Å². The summed E-state index contributed by atoms with van der Waals surface area (Å²) >= 11 is 0. The third kappa shape index (κ3) is 1.56. The molecule has 2 N–H and O–H groups in total. The molecule has 1 aromatic rings. The Labute approximate surface area is 109 Å². The van der Waals surface area contributed by atoms with Crippen LogP contribution in [0.5, 0.6) is 0 Å². The molecule has 98 valence electrons. The van der Waals surface area contributed by atoms with Crippen LogP contribution >= 0.6 is 0 Å². The minimum atomic E-state index is 0.689. The highest BCUT2D eigenvalue weighted by Crippen LogP contribution is 2.58. The SMILES string of the molecule is NCCc1ccnn1C1C2CC3CC(C2)CC1C3. The Morgan fingerprint density at radius 1 is 1.11 bits per heavy atom. The summed E-state index contributed by atoms with van der Waals surface area (Å²) in [5.74, 6) is 3.88. The maximum absolute atomic E-state index is 5.72. The first-order chi connectivity index (χ1) is 8.85. The summed E-state index contributed by atoms with van der Waals surface area (Å²) in [4.78, 5) is 0. The maximum atomic E-state index is 5.72. The van der Waals surface area contributed by atoms with Crippen LogP contribution in [-0.4, -0.2) is 16.3 Å². The second-order valence-electron chi connectivity index (χ2n) is 6.73. The molecular formula is C15H23N3. The van der Waals surface area contributed by atoms with Crippen LogP contribution < -0.4 is 5.73 Å². The Balaban J connectivity index is 1.66. The zero-order valence-corrected chi connectivity index (χ0v) is 11.0. The third-order valence-electron chi connectivity index (χ3n) is 5.61. The van der Waals surface area contributed by atoms with E-state index < -0.39 is 0 Å². The Kier molecular flexibility index (Phi) is 2.51. The van der Waals surface area contributed by atoms with Gasteiger partial charge in [-0.15, -0.1) is 0 Å². The van der Waals surface area contributed by atoms with Crippen molar-refractivity contribution in [1.29, 1.82) is 0 Å². The van der Waals surface area contributed by atoms with Crippen LogP contribution in [0.1, 0.15) is 43.8 Å². The molecule has 4 aliphatic carbocycles. The molecule has 4 fully saturated rings. The van der Waals surface area contributed by atoms with E-state index in [-0.39, 0.29) is 0 Å². The number of nitrogens with zero attached hydrogens (tertiary/aromatic N) is 2. The molecule has 4 aliphatic rings. The van der Waals surface area contributed by atoms with E-state index >= 15 is 0 Å². The summed E-state index contributed by atoms with van der Waals surface area (Å²) < 4.78 is 2.35. The van der Waals surface area contributed by atoms with Crippen molar-refractivity contribution >= 4 is 0 Å². The van der Waals surface area contributed by atoms with Gasteiger partial charge in [-0.25, -0.2) is 0 Å². The standard InChI is InChI=1S/C15H23N3/c16-3-1-14-2-4-17-18(14)15-12-6-10-5-11(8-12)9-13(15)7-10/h2,4,10-13,15H,1,3,5-9,16H2. The van der Waals surface area contributed by atoms with Crippen LogP contribution in [0.15, 0.2) is 12.3 Å². The van der Waals surface area contributed by atoms with Gasteiger partial charge < -0.3 is 5.73 Å². The number of hydrogen-bond donors (Lipinski definition) is 1. The van der Waals surface area contributed by atoms with Crippen molar-refractivity contribution in [2.75, 3.05) is 6.54 Å². The third-order valence-corrected chi connectivity index (χ3v) is 5.61. The van der Waals surface area contributed by atoms with Crippen molar-refractivity contribution in [2.24, 2.45) is 29.4 Å². The maximum Gasteiger partial charge on any atom is 0.0579 e. The molecule has 1 aromatic heterocycles. The molecule has 0 amide bonds. The molecule has 0 spiro atoms. The van der Waals surface area contributed by atoms with Crippen LogP contribution in [0.4, 0.5) is 0 Å². The summed E-state index contributed by atoms with van der Waals surface area (Å²) in [6.45, 7) is 0.735. The molecule has 3 nitrogen and oxygen atoms in total. The number of aromatic nitrogens is 2. The van der Waals surface area contributed by atoms with E-state index in [0.717, 1.165) is 36.6 Å². The van der Waals surface area contributed by atoms with Gasteiger partial charge in [0.2, 0.25) is 0 Å². The zero-order valence-electron chi connectivity index (χ0n) is 11.0. The molecule has 18 heavy (non-hydrogen) atoms. The lowest BCUT2D eigenvalue weighted by molar-refractivity contribution is -0.0346. The molecular weight excluding hydrogens is 222 g/mol. The smallest absolute Gasteiger partial charge is 0.0579 e. The number of hydrogen-bond acceptors (Lipinski definition) is 2. The van der Waals surface area contributed by atoms with Gasteiger partial charge in [0.25, 0.3) is 0 Å². The number of nitrogens with two attached hydrogens (primary N) is 1. The van der Waals surface area contributed by atoms with Crippen molar-refractivity contribution in [3.8, 4) is 0 Å². The van der Waals surface area contributed by atoms with E-state index in [9.17, 15) is 0 Å². The van der Waals surface area contributed by atoms with Crippen molar-refractivity contribution < 1.29 is 0 Å². The lowest BCUT2D eigenvalue weighted by atomic mass is 9.54. The Hall–Kier alpha value is -0.830. The average Bonchev–Trinajstić information content (AvgIpc) is 2.76. The highest BCUT2D eigenvalue weighted by Gasteiger charge is 2.49. The molecule has 4 bridgehead atoms. The molecule has 0 unspecified atom stereocenters. The summed E-state index contributed by atoms with van der Waals surface area (Å²) in [5, 5.41) is 4.64. The van der Waals surface area contributed by atoms with E-state index in [1.165, 1.54) is 37.8 Å². The second-order valence-corrected chi connectivity index (χ2v) is 6.73. The first-order valence-electron chi connectivity index (χ1n) is 7.57. The minimum Gasteiger partial charge on any atom is -0.330 e. The average molecular weight is 245 g/mol. The zero-order chi connectivity index (χ0) is 12.1. The first kappa shape index (κ1) is 11.0. The molecule has 3 heteroatoms. The van der Waals surface area contributed by atoms with Gasteiger partial charge in [0.05, 0.1) is 6.04 Å². The van der Waals surface area contributed by atoms with Gasteiger partial charge in [-0.2, -0.15) is 5.10 Å². The second kappa shape index (κ2) is 4.09. The van der Waals surface area contributed by atoms with E-state index in [1.54, 1.807) is 0 Å². The normalized spacial score (nSPS) is 41.5. The highest BCUT2D eigenvalue weighted by atomic mass is 15.3. The van der Waals surface area contributed by atoms with E-state index in [0.29, 0.717) is 6.04 Å². The largest absolute Gasteiger partial charge is 0.330 e. The van der Waals surface area contributed by atoms with Gasteiger partial charge in [0.1, 0.15) is 0 Å². The predicted molar refractivity (Wildman–Crippen MR) is 71.1 cm³/mol. The molecule has 0 radical (unpaired) electrons. The van der Waals surface area contributed by atoms with Gasteiger partial charge >= 0.3 is 0 Å². The predicted octanol–water partition coefficient (Wildman–Crippen LogP) is 2.38. The molecule has 0 saturated heterocycles. The van der Waals surface area contributed by atoms with Crippen LogP contribution in [0, 0.1) is 23.7 Å². The van der Waals surface area contributed by atoms with Crippen LogP contribution in [0.2, 0.25) is 0 Å². The fourth-order valence-corrected chi connectivity index (χ4v) is 5.25. The topological polar surface area (TPSA) is 43.8 Å². The summed E-state index contributed by atoms with van der Waals surface area (Å²) in [5.41, 5.74) is 7.08. The highest BCUT2D eigenvalue weighted by molar-refractivity contribution is 5.08. The van der Waals surface area contributed by atoms with Gasteiger partial charge in [-0.05, 0) is 68.4 Å². The molecule has 0 atom stereocenters. The van der Waals surface area contributed by atoms with E-state index in [4.69, 9.17) is 5.73 Å².